The van der Waals surface area contributed by atoms with Gasteiger partial charge in [-0.05, 0) is 12.3 Å². The summed E-state index contributed by atoms with van der Waals surface area (Å²) < 4.78 is 7.32. The zero-order valence-corrected chi connectivity index (χ0v) is 15.7. The Bertz CT molecular complexity index is 781. The van der Waals surface area contributed by atoms with Crippen LogP contribution in [-0.2, 0) is 14.5 Å². The van der Waals surface area contributed by atoms with E-state index in [9.17, 15) is 10.2 Å². The fourth-order valence-corrected chi connectivity index (χ4v) is 4.02. The van der Waals surface area contributed by atoms with Crippen molar-refractivity contribution in [2.75, 3.05) is 18.9 Å². The summed E-state index contributed by atoms with van der Waals surface area (Å²) in [5.74, 6) is 0.948. The Labute approximate surface area is 162 Å². The summed E-state index contributed by atoms with van der Waals surface area (Å²) in [6.07, 6.45) is 6.32. The van der Waals surface area contributed by atoms with Gasteiger partial charge in [0.25, 0.3) is 0 Å². The molecule has 0 bridgehead atoms. The normalized spacial score (nSPS) is 28.9. The van der Waals surface area contributed by atoms with Crippen molar-refractivity contribution >= 4 is 17.0 Å². The highest BCUT2D eigenvalue weighted by Crippen LogP contribution is 2.32. The Morgan fingerprint density at radius 3 is 2.75 bits per heavy atom. The predicted molar refractivity (Wildman–Crippen MR) is 98.8 cm³/mol. The van der Waals surface area contributed by atoms with Gasteiger partial charge in [0.1, 0.15) is 36.8 Å². The molecule has 4 N–H and O–H groups in total. The highest BCUT2D eigenvalue weighted by molar-refractivity contribution is 5.81. The van der Waals surface area contributed by atoms with E-state index in [2.05, 4.69) is 15.0 Å². The quantitative estimate of drug-likeness (QED) is 0.356. The molecule has 4 rings (SSSR count). The lowest BCUT2D eigenvalue weighted by atomic mass is 9.87. The first-order chi connectivity index (χ1) is 13.6. The fourth-order valence-electron chi connectivity index (χ4n) is 4.02. The Kier molecular flexibility index (Phi) is 6.02. The summed E-state index contributed by atoms with van der Waals surface area (Å²) in [6.45, 7) is 0.533. The van der Waals surface area contributed by atoms with E-state index in [4.69, 9.17) is 20.2 Å². The van der Waals surface area contributed by atoms with Gasteiger partial charge in [0.05, 0.1) is 12.9 Å². The molecule has 2 aromatic heterocycles. The van der Waals surface area contributed by atoms with Gasteiger partial charge in [0.15, 0.2) is 17.7 Å². The molecular weight excluding hydrogens is 366 g/mol. The van der Waals surface area contributed by atoms with Crippen LogP contribution in [0.2, 0.25) is 0 Å². The second-order valence-electron chi connectivity index (χ2n) is 7.53. The van der Waals surface area contributed by atoms with Gasteiger partial charge >= 0.3 is 0 Å². The van der Waals surface area contributed by atoms with E-state index in [1.54, 1.807) is 0 Å². The van der Waals surface area contributed by atoms with E-state index in [1.165, 1.54) is 49.3 Å². The number of imidazole rings is 1. The van der Waals surface area contributed by atoms with Crippen LogP contribution in [0.1, 0.15) is 44.8 Å². The van der Waals surface area contributed by atoms with Crippen molar-refractivity contribution in [2.45, 2.75) is 63.1 Å². The highest BCUT2D eigenvalue weighted by atomic mass is 17.2. The van der Waals surface area contributed by atoms with Crippen molar-refractivity contribution in [3.63, 3.8) is 0 Å². The van der Waals surface area contributed by atoms with Gasteiger partial charge in [-0.3, -0.25) is 4.57 Å². The summed E-state index contributed by atoms with van der Waals surface area (Å²) >= 11 is 0. The van der Waals surface area contributed by atoms with Gasteiger partial charge in [-0.15, -0.1) is 0 Å². The van der Waals surface area contributed by atoms with Crippen LogP contribution < -0.4 is 5.73 Å². The molecule has 1 saturated heterocycles. The average Bonchev–Trinajstić information content (AvgIpc) is 3.26. The molecule has 3 heterocycles. The number of aromatic nitrogens is 4. The lowest BCUT2D eigenvalue weighted by Gasteiger charge is -2.21. The van der Waals surface area contributed by atoms with Crippen molar-refractivity contribution in [3.05, 3.63) is 12.7 Å². The number of rotatable bonds is 7. The van der Waals surface area contributed by atoms with E-state index in [1.807, 2.05) is 0 Å². The Morgan fingerprint density at radius 2 is 1.93 bits per heavy atom. The second-order valence-corrected chi connectivity index (χ2v) is 7.53. The highest BCUT2D eigenvalue weighted by Gasteiger charge is 2.44. The van der Waals surface area contributed by atoms with Crippen LogP contribution >= 0.6 is 0 Å². The Hall–Kier alpha value is -1.85. The van der Waals surface area contributed by atoms with Crippen LogP contribution in [0.25, 0.3) is 11.2 Å². The molecule has 1 saturated carbocycles. The molecule has 28 heavy (non-hydrogen) atoms. The molecule has 1 aliphatic heterocycles. The SMILES string of the molecule is Nc1ncnc2c1ncn2[C@@H]1O[C@H](COOCCC2CCCCC2)[C@@H](O)[C@H]1O. The van der Waals surface area contributed by atoms with Crippen molar-refractivity contribution in [3.8, 4) is 0 Å². The third-order valence-electron chi connectivity index (χ3n) is 5.65. The maximum atomic E-state index is 10.4. The molecule has 2 fully saturated rings. The van der Waals surface area contributed by atoms with Gasteiger partial charge in [-0.25, -0.2) is 24.7 Å². The number of anilines is 1. The standard InChI is InChI=1S/C18H27N5O5/c19-16-13-17(21-9-20-16)23(10-22-13)18-15(25)14(24)12(28-18)8-27-26-7-6-11-4-2-1-3-5-11/h9-12,14-15,18,24-25H,1-8H2,(H2,19,20,21)/t12-,14-,15-,18-/m1/s1. The lowest BCUT2D eigenvalue weighted by Crippen LogP contribution is -2.33. The van der Waals surface area contributed by atoms with Crippen molar-refractivity contribution < 1.29 is 24.7 Å². The van der Waals surface area contributed by atoms with Crippen molar-refractivity contribution in [2.24, 2.45) is 5.92 Å². The number of nitrogens with two attached hydrogens (primary N) is 1. The van der Waals surface area contributed by atoms with Gasteiger partial charge in [-0.1, -0.05) is 32.1 Å². The van der Waals surface area contributed by atoms with Gasteiger partial charge < -0.3 is 20.7 Å². The largest absolute Gasteiger partial charge is 0.387 e. The third kappa shape index (κ3) is 3.96. The van der Waals surface area contributed by atoms with E-state index < -0.39 is 24.5 Å². The third-order valence-corrected chi connectivity index (χ3v) is 5.65. The van der Waals surface area contributed by atoms with Crippen LogP contribution in [0.3, 0.4) is 0 Å². The molecule has 0 amide bonds. The zero-order valence-electron chi connectivity index (χ0n) is 15.7. The minimum atomic E-state index is -1.16. The van der Waals surface area contributed by atoms with Crippen molar-refractivity contribution in [1.82, 2.24) is 19.5 Å². The second kappa shape index (κ2) is 8.66. The topological polar surface area (TPSA) is 138 Å². The number of hydrogen-bond donors (Lipinski definition) is 3. The van der Waals surface area contributed by atoms with Crippen LogP contribution in [0.5, 0.6) is 0 Å². The maximum Gasteiger partial charge on any atom is 0.167 e. The Balaban J connectivity index is 1.29. The van der Waals surface area contributed by atoms with Crippen LogP contribution in [-0.4, -0.2) is 61.3 Å². The van der Waals surface area contributed by atoms with E-state index >= 15 is 0 Å². The molecule has 154 valence electrons. The molecule has 0 radical (unpaired) electrons. The predicted octanol–water partition coefficient (Wildman–Crippen LogP) is 0.946. The number of ether oxygens (including phenoxy) is 1. The zero-order chi connectivity index (χ0) is 19.5. The number of aliphatic hydroxyl groups is 2. The van der Waals surface area contributed by atoms with E-state index in [0.717, 1.165) is 6.42 Å². The summed E-state index contributed by atoms with van der Waals surface area (Å²) in [6, 6.07) is 0. The number of hydrogen-bond acceptors (Lipinski definition) is 9. The fraction of sp³-hybridized carbons (Fsp3) is 0.722. The molecule has 0 unspecified atom stereocenters. The van der Waals surface area contributed by atoms with Crippen LogP contribution in [0, 0.1) is 5.92 Å². The number of aliphatic hydroxyl groups excluding tert-OH is 2. The van der Waals surface area contributed by atoms with Gasteiger partial charge in [-0.2, -0.15) is 0 Å². The molecular formula is C18H27N5O5. The smallest absolute Gasteiger partial charge is 0.167 e. The van der Waals surface area contributed by atoms with Crippen LogP contribution in [0.4, 0.5) is 5.82 Å². The van der Waals surface area contributed by atoms with E-state index in [0.29, 0.717) is 23.7 Å². The molecule has 2 aromatic rings. The number of fused-ring (bicyclic) bond motifs is 1. The number of nitrogen functional groups attached to an aromatic ring is 1. The first kappa shape index (κ1) is 19.5. The van der Waals surface area contributed by atoms with Gasteiger partial charge in [0.2, 0.25) is 0 Å². The summed E-state index contributed by atoms with van der Waals surface area (Å²) in [4.78, 5) is 22.7. The first-order valence-corrected chi connectivity index (χ1v) is 9.84. The monoisotopic (exact) mass is 393 g/mol. The molecule has 4 atom stereocenters. The molecule has 2 aliphatic rings. The maximum absolute atomic E-state index is 10.4. The summed E-state index contributed by atoms with van der Waals surface area (Å²) in [5, 5.41) is 20.7. The molecule has 10 heteroatoms. The minimum absolute atomic E-state index is 0.0170. The summed E-state index contributed by atoms with van der Waals surface area (Å²) in [7, 11) is 0. The first-order valence-electron chi connectivity index (χ1n) is 9.84. The minimum Gasteiger partial charge on any atom is -0.387 e. The molecule has 0 aromatic carbocycles. The summed E-state index contributed by atoms with van der Waals surface area (Å²) in [5.41, 5.74) is 6.63. The van der Waals surface area contributed by atoms with Gasteiger partial charge in [0, 0.05) is 0 Å². The molecule has 0 spiro atoms. The Morgan fingerprint density at radius 1 is 1.11 bits per heavy atom. The number of nitrogens with zero attached hydrogens (tertiary/aromatic N) is 4. The molecule has 10 nitrogen and oxygen atoms in total. The van der Waals surface area contributed by atoms with Crippen LogP contribution in [0.15, 0.2) is 12.7 Å². The molecule has 1 aliphatic carbocycles. The lowest BCUT2D eigenvalue weighted by molar-refractivity contribution is -0.311. The average molecular weight is 393 g/mol. The van der Waals surface area contributed by atoms with Crippen molar-refractivity contribution in [1.29, 1.82) is 0 Å². The van der Waals surface area contributed by atoms with E-state index in [-0.39, 0.29) is 12.4 Å².